The Morgan fingerprint density at radius 2 is 1.84 bits per heavy atom. The fraction of sp³-hybridized carbons (Fsp3) is 0.842. The summed E-state index contributed by atoms with van der Waals surface area (Å²) in [5, 5.41) is 3.10. The molecule has 2 aliphatic rings. The van der Waals surface area contributed by atoms with E-state index in [9.17, 15) is 14.4 Å². The van der Waals surface area contributed by atoms with Gasteiger partial charge in [0.15, 0.2) is 0 Å². The van der Waals surface area contributed by atoms with Gasteiger partial charge in [-0.1, -0.05) is 13.3 Å². The van der Waals surface area contributed by atoms with Crippen LogP contribution in [0.2, 0.25) is 0 Å². The molecule has 2 saturated heterocycles. The van der Waals surface area contributed by atoms with Crippen molar-refractivity contribution in [2.24, 2.45) is 5.92 Å². The number of unbranched alkanes of at least 4 members (excludes halogenated alkanes) is 1. The Hall–Kier alpha value is -1.59. The smallest absolute Gasteiger partial charge is 0.225 e. The molecular weight excluding hydrogens is 318 g/mol. The van der Waals surface area contributed by atoms with Crippen LogP contribution in [0.15, 0.2) is 0 Å². The van der Waals surface area contributed by atoms with Gasteiger partial charge in [-0.05, 0) is 40.0 Å². The van der Waals surface area contributed by atoms with E-state index in [0.717, 1.165) is 25.7 Å². The van der Waals surface area contributed by atoms with Gasteiger partial charge in [-0.15, -0.1) is 0 Å². The van der Waals surface area contributed by atoms with Crippen LogP contribution in [0.4, 0.5) is 0 Å². The second-order valence-electron chi connectivity index (χ2n) is 8.34. The average molecular weight is 351 g/mol. The first-order chi connectivity index (χ1) is 11.7. The van der Waals surface area contributed by atoms with Gasteiger partial charge in [0, 0.05) is 44.1 Å². The van der Waals surface area contributed by atoms with Crippen molar-refractivity contribution in [2.45, 2.75) is 77.8 Å². The van der Waals surface area contributed by atoms with Crippen LogP contribution in [0.3, 0.4) is 0 Å². The van der Waals surface area contributed by atoms with Crippen LogP contribution in [0, 0.1) is 5.92 Å². The molecule has 6 heteroatoms. The molecule has 1 N–H and O–H groups in total. The molecule has 2 rings (SSSR count). The van der Waals surface area contributed by atoms with Crippen molar-refractivity contribution in [1.29, 1.82) is 0 Å². The molecule has 25 heavy (non-hydrogen) atoms. The normalized spacial score (nSPS) is 22.4. The fourth-order valence-electron chi connectivity index (χ4n) is 3.61. The van der Waals surface area contributed by atoms with Crippen molar-refractivity contribution in [1.82, 2.24) is 15.1 Å². The zero-order valence-corrected chi connectivity index (χ0v) is 16.1. The van der Waals surface area contributed by atoms with Gasteiger partial charge in [0.2, 0.25) is 17.7 Å². The first kappa shape index (κ1) is 19.7. The predicted octanol–water partition coefficient (Wildman–Crippen LogP) is 1.93. The zero-order chi connectivity index (χ0) is 18.6. The molecule has 0 aliphatic carbocycles. The summed E-state index contributed by atoms with van der Waals surface area (Å²) < 4.78 is 0. The molecule has 1 atom stereocenters. The van der Waals surface area contributed by atoms with Gasteiger partial charge >= 0.3 is 0 Å². The van der Waals surface area contributed by atoms with E-state index in [2.05, 4.69) is 12.2 Å². The second-order valence-corrected chi connectivity index (χ2v) is 8.34. The Morgan fingerprint density at radius 1 is 1.20 bits per heavy atom. The van der Waals surface area contributed by atoms with Crippen molar-refractivity contribution in [2.75, 3.05) is 19.6 Å². The van der Waals surface area contributed by atoms with E-state index < -0.39 is 0 Å². The summed E-state index contributed by atoms with van der Waals surface area (Å²) in [5.74, 6) is 0.0182. The van der Waals surface area contributed by atoms with E-state index >= 15 is 0 Å². The third-order valence-electron chi connectivity index (χ3n) is 5.24. The van der Waals surface area contributed by atoms with E-state index in [-0.39, 0.29) is 35.2 Å². The minimum atomic E-state index is -0.254. The molecule has 0 spiro atoms. The van der Waals surface area contributed by atoms with E-state index in [1.807, 2.05) is 25.7 Å². The second kappa shape index (κ2) is 8.19. The van der Waals surface area contributed by atoms with E-state index in [1.54, 1.807) is 4.90 Å². The lowest BCUT2D eigenvalue weighted by Gasteiger charge is -2.33. The van der Waals surface area contributed by atoms with Crippen LogP contribution >= 0.6 is 0 Å². The summed E-state index contributed by atoms with van der Waals surface area (Å²) in [6, 6.07) is 0.113. The monoisotopic (exact) mass is 351 g/mol. The van der Waals surface area contributed by atoms with Crippen molar-refractivity contribution < 1.29 is 14.4 Å². The van der Waals surface area contributed by atoms with Gasteiger partial charge < -0.3 is 15.1 Å². The number of nitrogens with one attached hydrogen (secondary N) is 1. The summed E-state index contributed by atoms with van der Waals surface area (Å²) in [6.07, 6.45) is 4.50. The average Bonchev–Trinajstić information content (AvgIpc) is 2.95. The summed E-state index contributed by atoms with van der Waals surface area (Å²) in [5.41, 5.74) is -0.240. The number of rotatable bonds is 5. The predicted molar refractivity (Wildman–Crippen MR) is 96.8 cm³/mol. The maximum Gasteiger partial charge on any atom is 0.225 e. The summed E-state index contributed by atoms with van der Waals surface area (Å²) in [7, 11) is 0. The topological polar surface area (TPSA) is 69.7 Å². The lowest BCUT2D eigenvalue weighted by Crippen LogP contribution is -2.48. The van der Waals surface area contributed by atoms with Crippen LogP contribution in [-0.2, 0) is 14.4 Å². The maximum absolute atomic E-state index is 12.5. The van der Waals surface area contributed by atoms with Crippen molar-refractivity contribution in [3.63, 3.8) is 0 Å². The molecule has 2 aliphatic heterocycles. The Morgan fingerprint density at radius 3 is 2.36 bits per heavy atom. The highest BCUT2D eigenvalue weighted by Gasteiger charge is 2.40. The van der Waals surface area contributed by atoms with E-state index in [1.165, 1.54) is 0 Å². The number of piperidine rings is 1. The Balaban J connectivity index is 1.78. The molecule has 0 radical (unpaired) electrons. The summed E-state index contributed by atoms with van der Waals surface area (Å²) in [4.78, 5) is 40.4. The SMILES string of the molecule is CCCCC(=O)N1CCC(NC(=O)C2CC(=O)N(C(C)(C)C)C2)CC1. The molecule has 142 valence electrons. The maximum atomic E-state index is 12.5. The molecule has 0 aromatic carbocycles. The van der Waals surface area contributed by atoms with Gasteiger partial charge in [-0.2, -0.15) is 0 Å². The van der Waals surface area contributed by atoms with Crippen molar-refractivity contribution in [3.05, 3.63) is 0 Å². The molecule has 2 fully saturated rings. The molecule has 2 heterocycles. The Bertz CT molecular complexity index is 505. The number of carbonyl (C=O) groups excluding carboxylic acids is 3. The summed E-state index contributed by atoms with van der Waals surface area (Å²) >= 11 is 0. The number of nitrogens with zero attached hydrogens (tertiary/aromatic N) is 2. The highest BCUT2D eigenvalue weighted by molar-refractivity contribution is 5.89. The van der Waals surface area contributed by atoms with Crippen LogP contribution in [-0.4, -0.2) is 58.7 Å². The van der Waals surface area contributed by atoms with E-state index in [0.29, 0.717) is 32.5 Å². The third-order valence-corrected chi connectivity index (χ3v) is 5.24. The molecule has 0 aromatic heterocycles. The van der Waals surface area contributed by atoms with Crippen LogP contribution in [0.25, 0.3) is 0 Å². The van der Waals surface area contributed by atoms with Crippen LogP contribution in [0.5, 0.6) is 0 Å². The van der Waals surface area contributed by atoms with Gasteiger partial charge in [-0.25, -0.2) is 0 Å². The third kappa shape index (κ3) is 5.19. The van der Waals surface area contributed by atoms with Gasteiger partial charge in [0.25, 0.3) is 0 Å². The minimum Gasteiger partial charge on any atom is -0.353 e. The lowest BCUT2D eigenvalue weighted by atomic mass is 10.0. The van der Waals surface area contributed by atoms with Gasteiger partial charge in [-0.3, -0.25) is 14.4 Å². The quantitative estimate of drug-likeness (QED) is 0.823. The molecular formula is C19H33N3O3. The van der Waals surface area contributed by atoms with Gasteiger partial charge in [0.05, 0.1) is 5.92 Å². The fourth-order valence-corrected chi connectivity index (χ4v) is 3.61. The Kier molecular flexibility index (Phi) is 6.47. The minimum absolute atomic E-state index is 0.0177. The largest absolute Gasteiger partial charge is 0.353 e. The molecule has 6 nitrogen and oxygen atoms in total. The van der Waals surface area contributed by atoms with Crippen LogP contribution in [0.1, 0.15) is 66.2 Å². The molecule has 0 saturated carbocycles. The number of amides is 3. The molecule has 0 aromatic rings. The Labute approximate surface area is 151 Å². The molecule has 3 amide bonds. The van der Waals surface area contributed by atoms with Crippen molar-refractivity contribution in [3.8, 4) is 0 Å². The lowest BCUT2D eigenvalue weighted by molar-refractivity contribution is -0.133. The first-order valence-electron chi connectivity index (χ1n) is 9.61. The number of carbonyl (C=O) groups is 3. The number of likely N-dealkylation sites (tertiary alicyclic amines) is 2. The van der Waals surface area contributed by atoms with Crippen LogP contribution < -0.4 is 5.32 Å². The number of hydrogen-bond donors (Lipinski definition) is 1. The van der Waals surface area contributed by atoms with Crippen molar-refractivity contribution >= 4 is 17.7 Å². The van der Waals surface area contributed by atoms with Gasteiger partial charge in [0.1, 0.15) is 0 Å². The highest BCUT2D eigenvalue weighted by atomic mass is 16.2. The number of hydrogen-bond acceptors (Lipinski definition) is 3. The van der Waals surface area contributed by atoms with E-state index in [4.69, 9.17) is 0 Å². The zero-order valence-electron chi connectivity index (χ0n) is 16.1. The standard InChI is InChI=1S/C19H33N3O3/c1-5-6-7-16(23)21-10-8-15(9-11-21)20-18(25)14-12-17(24)22(13-14)19(2,3)4/h14-15H,5-13H2,1-4H3,(H,20,25). The first-order valence-corrected chi connectivity index (χ1v) is 9.61. The molecule has 1 unspecified atom stereocenters. The molecule has 0 bridgehead atoms. The summed E-state index contributed by atoms with van der Waals surface area (Å²) in [6.45, 7) is 10.0. The highest BCUT2D eigenvalue weighted by Crippen LogP contribution is 2.26.